The molecule has 0 radical (unpaired) electrons. The van der Waals surface area contributed by atoms with Crippen molar-refractivity contribution >= 4 is 6.09 Å². The molecule has 3 rings (SSSR count). The number of carbonyl (C=O) groups is 1. The van der Waals surface area contributed by atoms with E-state index >= 15 is 0 Å². The second kappa shape index (κ2) is 3.14. The summed E-state index contributed by atoms with van der Waals surface area (Å²) in [7, 11) is 1.88. The summed E-state index contributed by atoms with van der Waals surface area (Å²) >= 11 is 0. The fourth-order valence-electron chi connectivity index (χ4n) is 3.19. The summed E-state index contributed by atoms with van der Waals surface area (Å²) in [5.41, 5.74) is 0.311. The molecule has 0 aromatic carbocycles. The number of rotatable bonds is 2. The van der Waals surface area contributed by atoms with Gasteiger partial charge in [-0.2, -0.15) is 0 Å². The number of amides is 1. The Morgan fingerprint density at radius 2 is 1.81 bits per heavy atom. The second-order valence-electron chi connectivity index (χ2n) is 6.65. The van der Waals surface area contributed by atoms with Crippen molar-refractivity contribution < 1.29 is 9.53 Å². The molecule has 3 heteroatoms. The largest absolute Gasteiger partial charge is 0.444 e. The average Bonchev–Trinajstić information content (AvgIpc) is 1.96. The minimum Gasteiger partial charge on any atom is -0.444 e. The first kappa shape index (κ1) is 11.7. The SMILES string of the molecule is CCC12CC(N(C)C(=O)OC(C)(C)C)(C1)C2. The van der Waals surface area contributed by atoms with Crippen LogP contribution < -0.4 is 0 Å². The van der Waals surface area contributed by atoms with E-state index in [1.807, 2.05) is 32.7 Å². The number of nitrogens with zero attached hydrogens (tertiary/aromatic N) is 1. The van der Waals surface area contributed by atoms with Gasteiger partial charge in [-0.15, -0.1) is 0 Å². The van der Waals surface area contributed by atoms with E-state index in [1.165, 1.54) is 25.7 Å². The molecule has 3 aliphatic rings. The first-order valence-electron chi connectivity index (χ1n) is 6.19. The first-order valence-corrected chi connectivity index (χ1v) is 6.19. The summed E-state index contributed by atoms with van der Waals surface area (Å²) in [5.74, 6) is 0. The lowest BCUT2D eigenvalue weighted by Crippen LogP contribution is -2.74. The standard InChI is InChI=1S/C13H23NO2/c1-6-12-7-13(8-12,9-12)14(5)10(15)16-11(2,3)4/h6-9H2,1-5H3. The quantitative estimate of drug-likeness (QED) is 0.722. The van der Waals surface area contributed by atoms with Gasteiger partial charge >= 0.3 is 6.09 Å². The zero-order chi connectivity index (χ0) is 12.2. The van der Waals surface area contributed by atoms with Gasteiger partial charge in [0, 0.05) is 12.6 Å². The van der Waals surface area contributed by atoms with Gasteiger partial charge in [0.1, 0.15) is 5.60 Å². The summed E-state index contributed by atoms with van der Waals surface area (Å²) in [5, 5.41) is 0. The second-order valence-corrected chi connectivity index (χ2v) is 6.65. The maximum absolute atomic E-state index is 11.9. The van der Waals surface area contributed by atoms with E-state index in [0.29, 0.717) is 5.41 Å². The van der Waals surface area contributed by atoms with Crippen molar-refractivity contribution in [3.05, 3.63) is 0 Å². The normalized spacial score (nSPS) is 36.1. The van der Waals surface area contributed by atoms with Gasteiger partial charge in [0.05, 0.1) is 0 Å². The van der Waals surface area contributed by atoms with Crippen LogP contribution in [0, 0.1) is 5.41 Å². The number of hydrogen-bond acceptors (Lipinski definition) is 2. The van der Waals surface area contributed by atoms with Gasteiger partial charge < -0.3 is 9.64 Å². The minimum absolute atomic E-state index is 0.137. The molecular weight excluding hydrogens is 202 g/mol. The predicted octanol–water partition coefficient (Wildman–Crippen LogP) is 3.19. The average molecular weight is 225 g/mol. The maximum atomic E-state index is 11.9. The third-order valence-corrected chi connectivity index (χ3v) is 4.24. The Balaban J connectivity index is 1.91. The van der Waals surface area contributed by atoms with Crippen LogP contribution in [0.5, 0.6) is 0 Å². The Labute approximate surface area is 98.1 Å². The Morgan fingerprint density at radius 3 is 2.19 bits per heavy atom. The molecule has 0 heterocycles. The van der Waals surface area contributed by atoms with E-state index in [0.717, 1.165) is 0 Å². The highest BCUT2D eigenvalue weighted by Gasteiger charge is 2.69. The molecular formula is C13H23NO2. The lowest BCUT2D eigenvalue weighted by atomic mass is 9.38. The molecule has 0 spiro atoms. The Morgan fingerprint density at radius 1 is 1.31 bits per heavy atom. The number of carbonyl (C=O) groups excluding carboxylic acids is 1. The number of hydrogen-bond donors (Lipinski definition) is 0. The van der Waals surface area contributed by atoms with Crippen LogP contribution in [0.4, 0.5) is 4.79 Å². The molecule has 0 aromatic heterocycles. The highest BCUT2D eigenvalue weighted by atomic mass is 16.6. The van der Waals surface area contributed by atoms with Crippen molar-refractivity contribution in [2.75, 3.05) is 7.05 Å². The van der Waals surface area contributed by atoms with Gasteiger partial charge in [0.15, 0.2) is 0 Å². The highest BCUT2D eigenvalue weighted by Crippen LogP contribution is 2.71. The van der Waals surface area contributed by atoms with Crippen molar-refractivity contribution in [1.82, 2.24) is 4.90 Å². The first-order chi connectivity index (χ1) is 7.22. The van der Waals surface area contributed by atoms with Crippen LogP contribution >= 0.6 is 0 Å². The van der Waals surface area contributed by atoms with E-state index in [-0.39, 0.29) is 11.6 Å². The molecule has 3 saturated carbocycles. The van der Waals surface area contributed by atoms with Crippen LogP contribution in [0.3, 0.4) is 0 Å². The van der Waals surface area contributed by atoms with E-state index in [9.17, 15) is 4.79 Å². The summed E-state index contributed by atoms with van der Waals surface area (Å²) in [4.78, 5) is 13.7. The molecule has 0 saturated heterocycles. The highest BCUT2D eigenvalue weighted by molar-refractivity contribution is 5.70. The Kier molecular flexibility index (Phi) is 2.31. The summed E-state index contributed by atoms with van der Waals surface area (Å²) < 4.78 is 5.40. The minimum atomic E-state index is -0.392. The third kappa shape index (κ3) is 1.61. The van der Waals surface area contributed by atoms with Gasteiger partial charge in [-0.3, -0.25) is 0 Å². The van der Waals surface area contributed by atoms with E-state index < -0.39 is 5.60 Å². The van der Waals surface area contributed by atoms with Gasteiger partial charge in [-0.1, -0.05) is 13.3 Å². The lowest BCUT2D eigenvalue weighted by Gasteiger charge is -2.73. The van der Waals surface area contributed by atoms with Crippen molar-refractivity contribution in [3.63, 3.8) is 0 Å². The molecule has 92 valence electrons. The molecule has 0 aliphatic heterocycles. The van der Waals surface area contributed by atoms with Crippen LogP contribution in [-0.4, -0.2) is 29.2 Å². The molecule has 0 aromatic rings. The molecule has 0 unspecified atom stereocenters. The van der Waals surface area contributed by atoms with Gasteiger partial charge in [0.2, 0.25) is 0 Å². The van der Waals surface area contributed by atoms with Crippen molar-refractivity contribution in [3.8, 4) is 0 Å². The summed E-state index contributed by atoms with van der Waals surface area (Å²) in [6.45, 7) is 7.98. The molecule has 16 heavy (non-hydrogen) atoms. The van der Waals surface area contributed by atoms with E-state index in [4.69, 9.17) is 4.74 Å². The Hall–Kier alpha value is -0.730. The van der Waals surface area contributed by atoms with Crippen molar-refractivity contribution in [1.29, 1.82) is 0 Å². The van der Waals surface area contributed by atoms with E-state index in [2.05, 4.69) is 6.92 Å². The van der Waals surface area contributed by atoms with E-state index in [1.54, 1.807) is 0 Å². The molecule has 3 aliphatic carbocycles. The molecule has 0 atom stereocenters. The molecule has 3 nitrogen and oxygen atoms in total. The number of ether oxygens (including phenoxy) is 1. The lowest BCUT2D eigenvalue weighted by molar-refractivity contribution is -0.206. The van der Waals surface area contributed by atoms with Crippen LogP contribution in [0.2, 0.25) is 0 Å². The molecule has 0 N–H and O–H groups in total. The smallest absolute Gasteiger partial charge is 0.410 e. The summed E-state index contributed by atoms with van der Waals surface area (Å²) in [6.07, 6.45) is 4.60. The monoisotopic (exact) mass is 225 g/mol. The zero-order valence-electron chi connectivity index (χ0n) is 11.1. The zero-order valence-corrected chi connectivity index (χ0v) is 11.1. The van der Waals surface area contributed by atoms with Crippen LogP contribution in [0.25, 0.3) is 0 Å². The van der Waals surface area contributed by atoms with Gasteiger partial charge in [-0.25, -0.2) is 4.79 Å². The Bertz CT molecular complexity index is 297. The fourth-order valence-corrected chi connectivity index (χ4v) is 3.19. The topological polar surface area (TPSA) is 29.5 Å². The predicted molar refractivity (Wildman–Crippen MR) is 63.3 cm³/mol. The molecule has 2 bridgehead atoms. The third-order valence-electron chi connectivity index (χ3n) is 4.24. The van der Waals surface area contributed by atoms with Gasteiger partial charge in [0.25, 0.3) is 0 Å². The van der Waals surface area contributed by atoms with Crippen LogP contribution in [0.1, 0.15) is 53.4 Å². The molecule has 1 amide bonds. The maximum Gasteiger partial charge on any atom is 0.410 e. The van der Waals surface area contributed by atoms with Crippen molar-refractivity contribution in [2.24, 2.45) is 5.41 Å². The van der Waals surface area contributed by atoms with Crippen LogP contribution in [-0.2, 0) is 4.74 Å². The summed E-state index contributed by atoms with van der Waals surface area (Å²) in [6, 6.07) is 0. The fraction of sp³-hybridized carbons (Fsp3) is 0.923. The van der Waals surface area contributed by atoms with Crippen molar-refractivity contribution in [2.45, 2.75) is 64.5 Å². The van der Waals surface area contributed by atoms with Gasteiger partial charge in [-0.05, 0) is 45.4 Å². The molecule has 3 fully saturated rings. The van der Waals surface area contributed by atoms with Crippen LogP contribution in [0.15, 0.2) is 0 Å².